The summed E-state index contributed by atoms with van der Waals surface area (Å²) in [5, 5.41) is 11.5. The standard InChI is InChI=1S/C15H20FNO4/c1-15(2,3)12(8-13(18)19)17-14(20)10-6-5-9(21-4)7-11(10)16/h5-7,12H,8H2,1-4H3,(H,17,20)(H,18,19). The van der Waals surface area contributed by atoms with Crippen LogP contribution in [0.15, 0.2) is 18.2 Å². The fraction of sp³-hybridized carbons (Fsp3) is 0.467. The lowest BCUT2D eigenvalue weighted by atomic mass is 9.84. The van der Waals surface area contributed by atoms with Crippen LogP contribution < -0.4 is 10.1 Å². The summed E-state index contributed by atoms with van der Waals surface area (Å²) in [4.78, 5) is 23.0. The number of methoxy groups -OCH3 is 1. The topological polar surface area (TPSA) is 75.6 Å². The third kappa shape index (κ3) is 4.73. The van der Waals surface area contributed by atoms with E-state index in [1.54, 1.807) is 0 Å². The predicted molar refractivity (Wildman–Crippen MR) is 75.9 cm³/mol. The van der Waals surface area contributed by atoms with Crippen LogP contribution in [0.25, 0.3) is 0 Å². The summed E-state index contributed by atoms with van der Waals surface area (Å²) in [5.74, 6) is -2.07. The smallest absolute Gasteiger partial charge is 0.305 e. The van der Waals surface area contributed by atoms with E-state index in [0.717, 1.165) is 6.07 Å². The van der Waals surface area contributed by atoms with Gasteiger partial charge in [-0.2, -0.15) is 0 Å². The first-order chi connectivity index (χ1) is 9.65. The van der Waals surface area contributed by atoms with E-state index in [1.165, 1.54) is 19.2 Å². The van der Waals surface area contributed by atoms with Gasteiger partial charge in [0.1, 0.15) is 11.6 Å². The van der Waals surface area contributed by atoms with Gasteiger partial charge in [0.25, 0.3) is 5.91 Å². The van der Waals surface area contributed by atoms with Crippen molar-refractivity contribution < 1.29 is 23.8 Å². The molecule has 1 atom stereocenters. The SMILES string of the molecule is COc1ccc(C(=O)NC(CC(=O)O)C(C)(C)C)c(F)c1. The first kappa shape index (κ1) is 16.9. The Balaban J connectivity index is 2.94. The molecule has 0 aromatic heterocycles. The van der Waals surface area contributed by atoms with Gasteiger partial charge in [0, 0.05) is 12.1 Å². The maximum Gasteiger partial charge on any atom is 0.305 e. The largest absolute Gasteiger partial charge is 0.497 e. The third-order valence-electron chi connectivity index (χ3n) is 3.15. The van der Waals surface area contributed by atoms with Gasteiger partial charge in [-0.05, 0) is 17.5 Å². The molecule has 0 bridgehead atoms. The van der Waals surface area contributed by atoms with Gasteiger partial charge in [0.2, 0.25) is 0 Å². The van der Waals surface area contributed by atoms with Crippen LogP contribution in [0.1, 0.15) is 37.6 Å². The molecule has 0 saturated heterocycles. The normalized spacial score (nSPS) is 12.6. The summed E-state index contributed by atoms with van der Waals surface area (Å²) in [6.45, 7) is 5.43. The fourth-order valence-corrected chi connectivity index (χ4v) is 1.79. The number of carboxylic acid groups (broad SMARTS) is 1. The number of aliphatic carboxylic acids is 1. The van der Waals surface area contributed by atoms with E-state index >= 15 is 0 Å². The number of hydrogen-bond acceptors (Lipinski definition) is 3. The number of carbonyl (C=O) groups excluding carboxylic acids is 1. The van der Waals surface area contributed by atoms with Crippen LogP contribution in [0.2, 0.25) is 0 Å². The number of benzene rings is 1. The Morgan fingerprint density at radius 1 is 1.38 bits per heavy atom. The van der Waals surface area contributed by atoms with Crippen molar-refractivity contribution in [2.45, 2.75) is 33.2 Å². The molecule has 116 valence electrons. The van der Waals surface area contributed by atoms with Gasteiger partial charge in [0.05, 0.1) is 19.1 Å². The van der Waals surface area contributed by atoms with Crippen molar-refractivity contribution in [2.75, 3.05) is 7.11 Å². The highest BCUT2D eigenvalue weighted by Gasteiger charge is 2.29. The van der Waals surface area contributed by atoms with Crippen LogP contribution in [-0.4, -0.2) is 30.1 Å². The molecule has 21 heavy (non-hydrogen) atoms. The van der Waals surface area contributed by atoms with E-state index in [-0.39, 0.29) is 12.0 Å². The van der Waals surface area contributed by atoms with Gasteiger partial charge in [-0.3, -0.25) is 9.59 Å². The van der Waals surface area contributed by atoms with Crippen molar-refractivity contribution in [3.05, 3.63) is 29.6 Å². The average molecular weight is 297 g/mol. The molecular formula is C15H20FNO4. The van der Waals surface area contributed by atoms with Gasteiger partial charge in [0.15, 0.2) is 0 Å². The summed E-state index contributed by atoms with van der Waals surface area (Å²) < 4.78 is 18.7. The zero-order chi connectivity index (χ0) is 16.2. The van der Waals surface area contributed by atoms with Crippen molar-refractivity contribution in [3.8, 4) is 5.75 Å². The van der Waals surface area contributed by atoms with Gasteiger partial charge in [-0.1, -0.05) is 20.8 Å². The van der Waals surface area contributed by atoms with Crippen molar-refractivity contribution >= 4 is 11.9 Å². The van der Waals surface area contributed by atoms with E-state index in [1.807, 2.05) is 20.8 Å². The summed E-state index contributed by atoms with van der Waals surface area (Å²) in [6.07, 6.45) is -0.229. The Morgan fingerprint density at radius 2 is 2.00 bits per heavy atom. The molecule has 1 aromatic rings. The molecule has 6 heteroatoms. The Labute approximate surface area is 123 Å². The van der Waals surface area contributed by atoms with E-state index in [2.05, 4.69) is 5.32 Å². The number of rotatable bonds is 5. The number of ether oxygens (including phenoxy) is 1. The molecule has 0 spiro atoms. The number of carbonyl (C=O) groups is 2. The van der Waals surface area contributed by atoms with Gasteiger partial charge < -0.3 is 15.2 Å². The van der Waals surface area contributed by atoms with Gasteiger partial charge in [-0.15, -0.1) is 0 Å². The molecule has 0 aliphatic rings. The Hall–Kier alpha value is -2.11. The van der Waals surface area contributed by atoms with E-state index < -0.39 is 29.2 Å². The third-order valence-corrected chi connectivity index (χ3v) is 3.15. The van der Waals surface area contributed by atoms with Crippen molar-refractivity contribution in [3.63, 3.8) is 0 Å². The summed E-state index contributed by atoms with van der Waals surface area (Å²) in [7, 11) is 1.40. The van der Waals surface area contributed by atoms with E-state index in [9.17, 15) is 14.0 Å². The van der Waals surface area contributed by atoms with Crippen molar-refractivity contribution in [1.29, 1.82) is 0 Å². The average Bonchev–Trinajstić information content (AvgIpc) is 2.35. The van der Waals surface area contributed by atoms with Crippen LogP contribution in [0.5, 0.6) is 5.75 Å². The second kappa shape index (κ2) is 6.56. The lowest BCUT2D eigenvalue weighted by molar-refractivity contribution is -0.138. The number of hydrogen-bond donors (Lipinski definition) is 2. The molecule has 0 radical (unpaired) electrons. The van der Waals surface area contributed by atoms with Gasteiger partial charge in [-0.25, -0.2) is 4.39 Å². The van der Waals surface area contributed by atoms with Crippen molar-refractivity contribution in [2.24, 2.45) is 5.41 Å². The number of amides is 1. The maximum atomic E-state index is 13.8. The Bertz CT molecular complexity index is 537. The first-order valence-electron chi connectivity index (χ1n) is 6.51. The minimum atomic E-state index is -1.02. The Morgan fingerprint density at radius 3 is 2.43 bits per heavy atom. The molecule has 0 aliphatic carbocycles. The van der Waals surface area contributed by atoms with Crippen LogP contribution >= 0.6 is 0 Å². The number of carboxylic acids is 1. The summed E-state index contributed by atoms with van der Waals surface area (Å²) >= 11 is 0. The zero-order valence-corrected chi connectivity index (χ0v) is 12.6. The molecule has 1 aromatic carbocycles. The number of nitrogens with one attached hydrogen (secondary N) is 1. The monoisotopic (exact) mass is 297 g/mol. The van der Waals surface area contributed by atoms with Crippen LogP contribution in [0.3, 0.4) is 0 Å². The summed E-state index contributed by atoms with van der Waals surface area (Å²) in [6, 6.07) is 3.28. The molecule has 0 aliphatic heterocycles. The molecule has 0 saturated carbocycles. The molecule has 1 amide bonds. The molecular weight excluding hydrogens is 277 g/mol. The minimum absolute atomic E-state index is 0.143. The lowest BCUT2D eigenvalue weighted by Gasteiger charge is -2.30. The molecule has 5 nitrogen and oxygen atoms in total. The highest BCUT2D eigenvalue weighted by atomic mass is 19.1. The maximum absolute atomic E-state index is 13.8. The molecule has 0 fully saturated rings. The molecule has 1 unspecified atom stereocenters. The lowest BCUT2D eigenvalue weighted by Crippen LogP contribution is -2.45. The minimum Gasteiger partial charge on any atom is -0.497 e. The summed E-state index contributed by atoms with van der Waals surface area (Å²) in [5.41, 5.74) is -0.604. The molecule has 0 heterocycles. The van der Waals surface area contributed by atoms with Crippen LogP contribution in [-0.2, 0) is 4.79 Å². The van der Waals surface area contributed by atoms with Crippen LogP contribution in [0.4, 0.5) is 4.39 Å². The number of halogens is 1. The quantitative estimate of drug-likeness (QED) is 0.875. The highest BCUT2D eigenvalue weighted by Crippen LogP contribution is 2.23. The molecule has 2 N–H and O–H groups in total. The fourth-order valence-electron chi connectivity index (χ4n) is 1.79. The second-order valence-corrected chi connectivity index (χ2v) is 5.84. The first-order valence-corrected chi connectivity index (χ1v) is 6.51. The highest BCUT2D eigenvalue weighted by molar-refractivity contribution is 5.95. The predicted octanol–water partition coefficient (Wildman–Crippen LogP) is 2.45. The van der Waals surface area contributed by atoms with E-state index in [4.69, 9.17) is 9.84 Å². The Kier molecular flexibility index (Phi) is 5.29. The second-order valence-electron chi connectivity index (χ2n) is 5.84. The van der Waals surface area contributed by atoms with Crippen LogP contribution in [0, 0.1) is 11.2 Å². The van der Waals surface area contributed by atoms with E-state index in [0.29, 0.717) is 5.75 Å². The molecule has 1 rings (SSSR count). The van der Waals surface area contributed by atoms with Gasteiger partial charge >= 0.3 is 5.97 Å². The van der Waals surface area contributed by atoms with Crippen molar-refractivity contribution in [1.82, 2.24) is 5.32 Å². The zero-order valence-electron chi connectivity index (χ0n) is 12.6.